The molecule has 1 saturated heterocycles. The van der Waals surface area contributed by atoms with Gasteiger partial charge in [0.25, 0.3) is 0 Å². The molecule has 2 aromatic carbocycles. The minimum atomic E-state index is 0.405. The molecule has 1 N–H and O–H groups in total. The fraction of sp³-hybridized carbons (Fsp3) is 0.292. The molecular formula is C24H25N3O2. The Bertz CT molecular complexity index is 1150. The van der Waals surface area contributed by atoms with Gasteiger partial charge in [0.15, 0.2) is 0 Å². The molecule has 4 aromatic rings. The van der Waals surface area contributed by atoms with Gasteiger partial charge in [-0.15, -0.1) is 0 Å². The monoisotopic (exact) mass is 387 g/mol. The molecule has 0 aliphatic carbocycles. The van der Waals surface area contributed by atoms with E-state index in [0.717, 1.165) is 55.1 Å². The summed E-state index contributed by atoms with van der Waals surface area (Å²) in [6.45, 7) is 2.40. The molecule has 3 heterocycles. The lowest BCUT2D eigenvalue weighted by Crippen LogP contribution is -2.28. The van der Waals surface area contributed by atoms with Crippen LogP contribution in [0.25, 0.3) is 21.8 Å². The second-order valence-corrected chi connectivity index (χ2v) is 7.57. The highest BCUT2D eigenvalue weighted by Crippen LogP contribution is 2.32. The van der Waals surface area contributed by atoms with E-state index in [1.807, 2.05) is 12.1 Å². The summed E-state index contributed by atoms with van der Waals surface area (Å²) in [5, 5.41) is 6.03. The van der Waals surface area contributed by atoms with Crippen LogP contribution in [0.1, 0.15) is 18.4 Å². The van der Waals surface area contributed by atoms with Crippen molar-refractivity contribution in [1.82, 2.24) is 9.55 Å². The quantitative estimate of drug-likeness (QED) is 0.532. The van der Waals surface area contributed by atoms with Crippen molar-refractivity contribution >= 4 is 27.6 Å². The second kappa shape index (κ2) is 7.76. The van der Waals surface area contributed by atoms with Crippen molar-refractivity contribution in [2.45, 2.75) is 25.4 Å². The van der Waals surface area contributed by atoms with Gasteiger partial charge in [0.05, 0.1) is 18.1 Å². The van der Waals surface area contributed by atoms with Crippen LogP contribution in [0, 0.1) is 0 Å². The number of hydrogen-bond donors (Lipinski definition) is 1. The van der Waals surface area contributed by atoms with E-state index in [0.29, 0.717) is 6.04 Å². The lowest BCUT2D eigenvalue weighted by Gasteiger charge is -2.24. The topological polar surface area (TPSA) is 48.3 Å². The van der Waals surface area contributed by atoms with Crippen molar-refractivity contribution in [3.05, 3.63) is 66.4 Å². The van der Waals surface area contributed by atoms with Gasteiger partial charge in [0.2, 0.25) is 0 Å². The fourth-order valence-corrected chi connectivity index (χ4v) is 4.16. The van der Waals surface area contributed by atoms with E-state index in [1.54, 1.807) is 7.11 Å². The van der Waals surface area contributed by atoms with Crippen molar-refractivity contribution in [2.24, 2.45) is 0 Å². The average Bonchev–Trinajstić information content (AvgIpc) is 3.19. The Labute approximate surface area is 170 Å². The van der Waals surface area contributed by atoms with E-state index in [1.165, 1.54) is 16.5 Å². The van der Waals surface area contributed by atoms with Gasteiger partial charge >= 0.3 is 0 Å². The molecule has 1 aliphatic rings. The highest BCUT2D eigenvalue weighted by atomic mass is 16.5. The Hall–Kier alpha value is -3.05. The third-order valence-corrected chi connectivity index (χ3v) is 5.66. The zero-order chi connectivity index (χ0) is 19.6. The number of aromatic nitrogens is 2. The number of benzene rings is 2. The maximum absolute atomic E-state index is 5.51. The third-order valence-electron chi connectivity index (χ3n) is 5.66. The molecule has 0 amide bonds. The first-order valence-corrected chi connectivity index (χ1v) is 10.2. The standard InChI is InChI=1S/C24H25N3O2/c1-28-19-6-4-5-17(15-19)16-27-12-9-21-23(27)20-7-2-3-8-22(20)26-24(21)25-18-10-13-29-14-11-18/h2-9,12,15,18H,10-11,13-14,16H2,1H3,(H,25,26). The summed E-state index contributed by atoms with van der Waals surface area (Å²) in [4.78, 5) is 4.96. The van der Waals surface area contributed by atoms with Gasteiger partial charge in [-0.3, -0.25) is 0 Å². The molecule has 29 heavy (non-hydrogen) atoms. The van der Waals surface area contributed by atoms with Crippen LogP contribution >= 0.6 is 0 Å². The highest BCUT2D eigenvalue weighted by Gasteiger charge is 2.18. The smallest absolute Gasteiger partial charge is 0.136 e. The first kappa shape index (κ1) is 18.0. The summed E-state index contributed by atoms with van der Waals surface area (Å²) in [5.74, 6) is 1.85. The van der Waals surface area contributed by atoms with Gasteiger partial charge in [0, 0.05) is 42.8 Å². The van der Waals surface area contributed by atoms with Crippen molar-refractivity contribution in [2.75, 3.05) is 25.6 Å². The van der Waals surface area contributed by atoms with E-state index in [2.05, 4.69) is 58.5 Å². The lowest BCUT2D eigenvalue weighted by molar-refractivity contribution is 0.0904. The number of para-hydroxylation sites is 1. The SMILES string of the molecule is COc1cccc(Cn2ccc3c(NC4CCOCC4)nc4ccccc4c32)c1. The van der Waals surface area contributed by atoms with E-state index < -0.39 is 0 Å². The third kappa shape index (κ3) is 3.54. The van der Waals surface area contributed by atoms with Crippen LogP contribution in [0.5, 0.6) is 5.75 Å². The molecule has 5 rings (SSSR count). The molecule has 0 radical (unpaired) electrons. The van der Waals surface area contributed by atoms with Crippen LogP contribution in [0.15, 0.2) is 60.8 Å². The average molecular weight is 387 g/mol. The number of rotatable bonds is 5. The minimum Gasteiger partial charge on any atom is -0.497 e. The number of ether oxygens (including phenoxy) is 2. The molecule has 1 aliphatic heterocycles. The number of nitrogens with one attached hydrogen (secondary N) is 1. The molecule has 5 nitrogen and oxygen atoms in total. The Morgan fingerprint density at radius 1 is 1.07 bits per heavy atom. The van der Waals surface area contributed by atoms with E-state index in [-0.39, 0.29) is 0 Å². The first-order chi connectivity index (χ1) is 14.3. The van der Waals surface area contributed by atoms with E-state index in [4.69, 9.17) is 14.5 Å². The number of nitrogens with zero attached hydrogens (tertiary/aromatic N) is 2. The van der Waals surface area contributed by atoms with Crippen LogP contribution < -0.4 is 10.1 Å². The van der Waals surface area contributed by atoms with Gasteiger partial charge in [-0.2, -0.15) is 0 Å². The molecule has 148 valence electrons. The number of methoxy groups -OCH3 is 1. The maximum Gasteiger partial charge on any atom is 0.136 e. The largest absolute Gasteiger partial charge is 0.497 e. The van der Waals surface area contributed by atoms with E-state index in [9.17, 15) is 0 Å². The molecule has 0 saturated carbocycles. The Kier molecular flexibility index (Phi) is 4.82. The molecule has 0 atom stereocenters. The molecule has 0 bridgehead atoms. The van der Waals surface area contributed by atoms with Gasteiger partial charge in [-0.05, 0) is 42.7 Å². The zero-order valence-electron chi connectivity index (χ0n) is 16.6. The number of pyridine rings is 1. The Morgan fingerprint density at radius 2 is 1.93 bits per heavy atom. The van der Waals surface area contributed by atoms with Crippen LogP contribution in [-0.2, 0) is 11.3 Å². The van der Waals surface area contributed by atoms with Crippen LogP contribution in [0.2, 0.25) is 0 Å². The summed E-state index contributed by atoms with van der Waals surface area (Å²) in [6, 6.07) is 19.2. The summed E-state index contributed by atoms with van der Waals surface area (Å²) < 4.78 is 13.2. The summed E-state index contributed by atoms with van der Waals surface area (Å²) in [7, 11) is 1.71. The number of anilines is 1. The van der Waals surface area contributed by atoms with E-state index >= 15 is 0 Å². The minimum absolute atomic E-state index is 0.405. The van der Waals surface area contributed by atoms with Crippen molar-refractivity contribution < 1.29 is 9.47 Å². The van der Waals surface area contributed by atoms with Crippen LogP contribution in [0.4, 0.5) is 5.82 Å². The van der Waals surface area contributed by atoms with Crippen LogP contribution in [-0.4, -0.2) is 35.9 Å². The van der Waals surface area contributed by atoms with Gasteiger partial charge in [0.1, 0.15) is 11.6 Å². The molecule has 1 fully saturated rings. The molecule has 5 heteroatoms. The highest BCUT2D eigenvalue weighted by molar-refractivity contribution is 6.08. The summed E-state index contributed by atoms with van der Waals surface area (Å²) >= 11 is 0. The molecular weight excluding hydrogens is 362 g/mol. The van der Waals surface area contributed by atoms with Crippen molar-refractivity contribution in [3.63, 3.8) is 0 Å². The second-order valence-electron chi connectivity index (χ2n) is 7.57. The predicted octanol–water partition coefficient (Wildman–Crippen LogP) is 4.84. The molecule has 0 spiro atoms. The maximum atomic E-state index is 5.51. The molecule has 0 unspecified atom stereocenters. The predicted molar refractivity (Wildman–Crippen MR) is 117 cm³/mol. The van der Waals surface area contributed by atoms with Crippen molar-refractivity contribution in [3.8, 4) is 5.75 Å². The molecule has 2 aromatic heterocycles. The summed E-state index contributed by atoms with van der Waals surface area (Å²) in [6.07, 6.45) is 4.19. The first-order valence-electron chi connectivity index (χ1n) is 10.2. The van der Waals surface area contributed by atoms with Gasteiger partial charge in [-0.1, -0.05) is 30.3 Å². The van der Waals surface area contributed by atoms with Gasteiger partial charge in [-0.25, -0.2) is 4.98 Å². The lowest BCUT2D eigenvalue weighted by atomic mass is 10.1. The van der Waals surface area contributed by atoms with Gasteiger partial charge < -0.3 is 19.4 Å². The van der Waals surface area contributed by atoms with Crippen LogP contribution in [0.3, 0.4) is 0 Å². The fourth-order valence-electron chi connectivity index (χ4n) is 4.16. The number of hydrogen-bond acceptors (Lipinski definition) is 4. The Morgan fingerprint density at radius 3 is 2.79 bits per heavy atom. The zero-order valence-corrected chi connectivity index (χ0v) is 16.6. The number of fused-ring (bicyclic) bond motifs is 3. The normalized spacial score (nSPS) is 15.1. The van der Waals surface area contributed by atoms with Crippen molar-refractivity contribution in [1.29, 1.82) is 0 Å². The summed E-state index contributed by atoms with van der Waals surface area (Å²) in [5.41, 5.74) is 3.44. The Balaban J connectivity index is 1.60.